The summed E-state index contributed by atoms with van der Waals surface area (Å²) >= 11 is 0. The highest BCUT2D eigenvalue weighted by atomic mass is 19.1. The summed E-state index contributed by atoms with van der Waals surface area (Å²) in [5, 5.41) is 6.50. The normalized spacial score (nSPS) is 11.5. The van der Waals surface area contributed by atoms with E-state index in [1.54, 1.807) is 26.2 Å². The van der Waals surface area contributed by atoms with Crippen molar-refractivity contribution in [2.24, 2.45) is 4.99 Å². The third-order valence-corrected chi connectivity index (χ3v) is 3.32. The first kappa shape index (κ1) is 18.4. The Morgan fingerprint density at radius 1 is 1.23 bits per heavy atom. The van der Waals surface area contributed by atoms with Gasteiger partial charge in [-0.3, -0.25) is 0 Å². The van der Waals surface area contributed by atoms with Crippen molar-refractivity contribution in [3.63, 3.8) is 0 Å². The lowest BCUT2D eigenvalue weighted by Gasteiger charge is -2.11. The van der Waals surface area contributed by atoms with Gasteiger partial charge in [0.15, 0.2) is 5.96 Å². The molecule has 22 heavy (non-hydrogen) atoms. The van der Waals surface area contributed by atoms with Crippen LogP contribution in [-0.4, -0.2) is 32.8 Å². The summed E-state index contributed by atoms with van der Waals surface area (Å²) in [4.78, 5) is 4.49. The van der Waals surface area contributed by atoms with Gasteiger partial charge in [-0.15, -0.1) is 0 Å². The van der Waals surface area contributed by atoms with E-state index in [9.17, 15) is 4.39 Å². The van der Waals surface area contributed by atoms with Crippen molar-refractivity contribution in [1.29, 1.82) is 0 Å². The van der Waals surface area contributed by atoms with E-state index in [4.69, 9.17) is 4.74 Å². The maximum Gasteiger partial charge on any atom is 0.191 e. The van der Waals surface area contributed by atoms with Crippen LogP contribution in [0.3, 0.4) is 0 Å². The lowest BCUT2D eigenvalue weighted by Crippen LogP contribution is -2.37. The molecule has 0 bridgehead atoms. The Hall–Kier alpha value is -1.62. The monoisotopic (exact) mass is 309 g/mol. The quantitative estimate of drug-likeness (QED) is 0.419. The van der Waals surface area contributed by atoms with E-state index in [2.05, 4.69) is 15.6 Å². The molecule has 0 spiro atoms. The molecule has 5 heteroatoms. The van der Waals surface area contributed by atoms with Crippen LogP contribution in [-0.2, 0) is 11.3 Å². The number of nitrogens with one attached hydrogen (secondary N) is 2. The van der Waals surface area contributed by atoms with Gasteiger partial charge in [0.2, 0.25) is 0 Å². The molecule has 0 fully saturated rings. The maximum atomic E-state index is 13.5. The predicted molar refractivity (Wildman–Crippen MR) is 89.7 cm³/mol. The Kier molecular flexibility index (Phi) is 9.23. The van der Waals surface area contributed by atoms with Crippen molar-refractivity contribution >= 4 is 5.96 Å². The Labute approximate surface area is 133 Å². The van der Waals surface area contributed by atoms with Crippen LogP contribution in [0.5, 0.6) is 0 Å². The number of methoxy groups -OCH3 is 1. The van der Waals surface area contributed by atoms with E-state index >= 15 is 0 Å². The molecule has 1 rings (SSSR count). The highest BCUT2D eigenvalue weighted by Gasteiger charge is 2.00. The number of halogens is 1. The summed E-state index contributed by atoms with van der Waals surface area (Å²) in [7, 11) is 1.72. The average Bonchev–Trinajstić information content (AvgIpc) is 2.51. The molecule has 0 aliphatic heterocycles. The van der Waals surface area contributed by atoms with E-state index in [0.29, 0.717) is 12.1 Å². The van der Waals surface area contributed by atoms with Gasteiger partial charge in [0.25, 0.3) is 0 Å². The molecule has 1 aromatic carbocycles. The molecule has 0 saturated heterocycles. The molecule has 124 valence electrons. The minimum Gasteiger partial charge on any atom is -0.385 e. The van der Waals surface area contributed by atoms with Crippen LogP contribution < -0.4 is 10.6 Å². The zero-order valence-corrected chi connectivity index (χ0v) is 13.9. The summed E-state index contributed by atoms with van der Waals surface area (Å²) in [5.74, 6) is 0.596. The van der Waals surface area contributed by atoms with Crippen LogP contribution in [0, 0.1) is 12.7 Å². The second-order valence-electron chi connectivity index (χ2n) is 5.26. The highest BCUT2D eigenvalue weighted by molar-refractivity contribution is 5.79. The van der Waals surface area contributed by atoms with Crippen molar-refractivity contribution in [2.45, 2.75) is 39.7 Å². The Bertz CT molecular complexity index is 463. The molecule has 1 aromatic rings. The molecular formula is C17H28FN3O. The third kappa shape index (κ3) is 7.41. The minimum atomic E-state index is -0.177. The molecule has 0 saturated carbocycles. The molecule has 0 atom stereocenters. The molecule has 2 N–H and O–H groups in total. The molecular weight excluding hydrogens is 281 g/mol. The third-order valence-electron chi connectivity index (χ3n) is 3.32. The van der Waals surface area contributed by atoms with E-state index in [1.165, 1.54) is 0 Å². The predicted octanol–water partition coefficient (Wildman–Crippen LogP) is 3.01. The summed E-state index contributed by atoms with van der Waals surface area (Å²) < 4.78 is 18.5. The zero-order valence-electron chi connectivity index (χ0n) is 13.9. The standard InChI is InChI=1S/C17H28FN3O/c1-4-19-17(20-10-6-5-7-11-22-3)21-13-15-9-8-14(2)16(18)12-15/h8-9,12H,4-7,10-11,13H2,1-3H3,(H2,19,20,21). The smallest absolute Gasteiger partial charge is 0.191 e. The van der Waals surface area contributed by atoms with Gasteiger partial charge < -0.3 is 15.4 Å². The fourth-order valence-corrected chi connectivity index (χ4v) is 2.00. The fourth-order valence-electron chi connectivity index (χ4n) is 2.00. The molecule has 0 unspecified atom stereocenters. The average molecular weight is 309 g/mol. The van der Waals surface area contributed by atoms with Gasteiger partial charge in [0.1, 0.15) is 5.82 Å². The number of benzene rings is 1. The molecule has 0 radical (unpaired) electrons. The first-order valence-corrected chi connectivity index (χ1v) is 7.93. The Balaban J connectivity index is 2.42. The van der Waals surface area contributed by atoms with Crippen molar-refractivity contribution in [2.75, 3.05) is 26.8 Å². The van der Waals surface area contributed by atoms with Crippen LogP contribution in [0.4, 0.5) is 4.39 Å². The van der Waals surface area contributed by atoms with Gasteiger partial charge in [-0.1, -0.05) is 12.1 Å². The van der Waals surface area contributed by atoms with Gasteiger partial charge in [-0.25, -0.2) is 9.38 Å². The molecule has 0 aromatic heterocycles. The largest absolute Gasteiger partial charge is 0.385 e. The van der Waals surface area contributed by atoms with Crippen molar-refractivity contribution in [3.8, 4) is 0 Å². The van der Waals surface area contributed by atoms with E-state index < -0.39 is 0 Å². The number of unbranched alkanes of at least 4 members (excludes halogenated alkanes) is 2. The summed E-state index contributed by atoms with van der Waals surface area (Å²) in [6, 6.07) is 5.25. The van der Waals surface area contributed by atoms with Gasteiger partial charge >= 0.3 is 0 Å². The number of aryl methyl sites for hydroxylation is 1. The van der Waals surface area contributed by atoms with E-state index in [1.807, 2.05) is 13.0 Å². The fraction of sp³-hybridized carbons (Fsp3) is 0.588. The zero-order chi connectivity index (χ0) is 16.2. The SMILES string of the molecule is CCNC(=NCc1ccc(C)c(F)c1)NCCCCCOC. The Morgan fingerprint density at radius 3 is 2.73 bits per heavy atom. The van der Waals surface area contributed by atoms with E-state index in [0.717, 1.165) is 50.5 Å². The number of nitrogens with zero attached hydrogens (tertiary/aromatic N) is 1. The molecule has 0 aliphatic carbocycles. The summed E-state index contributed by atoms with van der Waals surface area (Å²) in [6.07, 6.45) is 3.28. The maximum absolute atomic E-state index is 13.5. The van der Waals surface area contributed by atoms with Crippen molar-refractivity contribution in [1.82, 2.24) is 10.6 Å². The number of rotatable bonds is 9. The number of hydrogen-bond acceptors (Lipinski definition) is 2. The van der Waals surface area contributed by atoms with Gasteiger partial charge in [0.05, 0.1) is 6.54 Å². The molecule has 0 amide bonds. The first-order valence-electron chi connectivity index (χ1n) is 7.93. The van der Waals surface area contributed by atoms with Crippen LogP contribution in [0.1, 0.15) is 37.3 Å². The van der Waals surface area contributed by atoms with E-state index in [-0.39, 0.29) is 5.82 Å². The molecule has 0 aliphatic rings. The topological polar surface area (TPSA) is 45.7 Å². The van der Waals surface area contributed by atoms with Crippen LogP contribution in [0.25, 0.3) is 0 Å². The summed E-state index contributed by atoms with van der Waals surface area (Å²) in [5.41, 5.74) is 1.54. The van der Waals surface area contributed by atoms with Crippen LogP contribution in [0.15, 0.2) is 23.2 Å². The van der Waals surface area contributed by atoms with Gasteiger partial charge in [-0.05, 0) is 50.3 Å². The number of guanidine groups is 1. The van der Waals surface area contributed by atoms with Crippen molar-refractivity contribution < 1.29 is 9.13 Å². The second kappa shape index (κ2) is 11.0. The minimum absolute atomic E-state index is 0.177. The number of aliphatic imine (C=N–C) groups is 1. The number of ether oxygens (including phenoxy) is 1. The summed E-state index contributed by atoms with van der Waals surface area (Å²) in [6.45, 7) is 6.75. The van der Waals surface area contributed by atoms with Crippen LogP contribution in [0.2, 0.25) is 0 Å². The lowest BCUT2D eigenvalue weighted by atomic mass is 10.1. The first-order chi connectivity index (χ1) is 10.7. The van der Waals surface area contributed by atoms with Gasteiger partial charge in [0, 0.05) is 26.8 Å². The molecule has 4 nitrogen and oxygen atoms in total. The Morgan fingerprint density at radius 2 is 2.05 bits per heavy atom. The van der Waals surface area contributed by atoms with Gasteiger partial charge in [-0.2, -0.15) is 0 Å². The molecule has 0 heterocycles. The number of hydrogen-bond donors (Lipinski definition) is 2. The highest BCUT2D eigenvalue weighted by Crippen LogP contribution is 2.09. The van der Waals surface area contributed by atoms with Crippen molar-refractivity contribution in [3.05, 3.63) is 35.1 Å². The second-order valence-corrected chi connectivity index (χ2v) is 5.26. The van der Waals surface area contributed by atoms with Crippen LogP contribution >= 0.6 is 0 Å². The lowest BCUT2D eigenvalue weighted by molar-refractivity contribution is 0.192.